The lowest BCUT2D eigenvalue weighted by atomic mass is 10.2. The first kappa shape index (κ1) is 15.9. The normalized spacial score (nSPS) is 10.5. The van der Waals surface area contributed by atoms with Gasteiger partial charge >= 0.3 is 0 Å². The molecular formula is C16H17FN2O3. The Bertz CT molecular complexity index is 713. The van der Waals surface area contributed by atoms with Gasteiger partial charge in [-0.25, -0.2) is 4.39 Å². The highest BCUT2D eigenvalue weighted by atomic mass is 19.1. The van der Waals surface area contributed by atoms with Crippen molar-refractivity contribution in [3.8, 4) is 0 Å². The van der Waals surface area contributed by atoms with Gasteiger partial charge in [0.15, 0.2) is 0 Å². The average Bonchev–Trinajstić information content (AvgIpc) is 2.52. The molecule has 5 nitrogen and oxygen atoms in total. The van der Waals surface area contributed by atoms with Gasteiger partial charge in [0.25, 0.3) is 11.5 Å². The molecule has 0 saturated heterocycles. The summed E-state index contributed by atoms with van der Waals surface area (Å²) in [5.74, 6) is -0.671. The molecule has 0 aliphatic heterocycles. The number of hydrogen-bond acceptors (Lipinski definition) is 3. The second kappa shape index (κ2) is 7.51. The van der Waals surface area contributed by atoms with E-state index in [1.54, 1.807) is 19.2 Å². The van der Waals surface area contributed by atoms with E-state index in [0.717, 1.165) is 0 Å². The summed E-state index contributed by atoms with van der Waals surface area (Å²) in [6.45, 7) is 0.975. The second-order valence-corrected chi connectivity index (χ2v) is 4.75. The van der Waals surface area contributed by atoms with E-state index in [-0.39, 0.29) is 23.8 Å². The molecule has 0 saturated carbocycles. The van der Waals surface area contributed by atoms with Crippen LogP contribution in [0.25, 0.3) is 0 Å². The van der Waals surface area contributed by atoms with Crippen molar-refractivity contribution >= 4 is 5.91 Å². The number of nitrogens with one attached hydrogen (secondary N) is 1. The third kappa shape index (κ3) is 4.26. The number of rotatable bonds is 6. The molecule has 2 rings (SSSR count). The summed E-state index contributed by atoms with van der Waals surface area (Å²) in [5.41, 5.74) is 0.840. The Kier molecular flexibility index (Phi) is 5.43. The van der Waals surface area contributed by atoms with Crippen molar-refractivity contribution in [3.63, 3.8) is 0 Å². The summed E-state index contributed by atoms with van der Waals surface area (Å²) in [6.07, 6.45) is 1.49. The number of aromatic nitrogens is 1. The summed E-state index contributed by atoms with van der Waals surface area (Å²) in [7, 11) is 1.54. The van der Waals surface area contributed by atoms with Gasteiger partial charge < -0.3 is 14.6 Å². The molecule has 0 unspecified atom stereocenters. The van der Waals surface area contributed by atoms with Gasteiger partial charge in [-0.15, -0.1) is 0 Å². The topological polar surface area (TPSA) is 60.3 Å². The molecule has 1 N–H and O–H groups in total. The Morgan fingerprint density at radius 1 is 1.32 bits per heavy atom. The van der Waals surface area contributed by atoms with Gasteiger partial charge in [-0.05, 0) is 23.8 Å². The van der Waals surface area contributed by atoms with Gasteiger partial charge in [0.2, 0.25) is 0 Å². The van der Waals surface area contributed by atoms with Crippen molar-refractivity contribution in [3.05, 3.63) is 69.9 Å². The molecule has 0 bridgehead atoms. The Morgan fingerprint density at radius 3 is 2.86 bits per heavy atom. The van der Waals surface area contributed by atoms with Crippen LogP contribution in [-0.4, -0.2) is 24.2 Å². The summed E-state index contributed by atoms with van der Waals surface area (Å²) in [6, 6.07) is 8.82. The standard InChI is InChI=1S/C16H17FN2O3/c1-22-8-7-19-11-13(5-6-15(19)20)16(21)18-10-12-3-2-4-14(17)9-12/h2-6,9,11H,7-8,10H2,1H3,(H,18,21). The van der Waals surface area contributed by atoms with Crippen molar-refractivity contribution in [1.82, 2.24) is 9.88 Å². The van der Waals surface area contributed by atoms with Crippen LogP contribution in [-0.2, 0) is 17.8 Å². The SMILES string of the molecule is COCCn1cc(C(=O)NCc2cccc(F)c2)ccc1=O. The van der Waals surface area contributed by atoms with Gasteiger partial charge in [-0.3, -0.25) is 9.59 Å². The molecule has 0 atom stereocenters. The fraction of sp³-hybridized carbons (Fsp3) is 0.250. The lowest BCUT2D eigenvalue weighted by molar-refractivity contribution is 0.0949. The van der Waals surface area contributed by atoms with Crippen molar-refractivity contribution in [2.75, 3.05) is 13.7 Å². The predicted octanol–water partition coefficient (Wildman–Crippen LogP) is 1.56. The number of amides is 1. The molecule has 0 aliphatic rings. The largest absolute Gasteiger partial charge is 0.383 e. The minimum atomic E-state index is -0.347. The van der Waals surface area contributed by atoms with Crippen LogP contribution < -0.4 is 10.9 Å². The highest BCUT2D eigenvalue weighted by Crippen LogP contribution is 2.04. The number of methoxy groups -OCH3 is 1. The summed E-state index contributed by atoms with van der Waals surface area (Å²) in [5, 5.41) is 2.69. The number of benzene rings is 1. The van der Waals surface area contributed by atoms with Gasteiger partial charge in [0, 0.05) is 32.5 Å². The molecule has 0 fully saturated rings. The van der Waals surface area contributed by atoms with Crippen molar-refractivity contribution < 1.29 is 13.9 Å². The number of carbonyl (C=O) groups is 1. The fourth-order valence-corrected chi connectivity index (χ4v) is 1.96. The Balaban J connectivity index is 2.04. The number of ether oxygens (including phenoxy) is 1. The zero-order valence-electron chi connectivity index (χ0n) is 12.2. The van der Waals surface area contributed by atoms with E-state index in [2.05, 4.69) is 5.32 Å². The van der Waals surface area contributed by atoms with Crippen molar-refractivity contribution in [2.45, 2.75) is 13.1 Å². The van der Waals surface area contributed by atoms with Crippen molar-refractivity contribution in [2.24, 2.45) is 0 Å². The molecule has 1 aromatic carbocycles. The Hall–Kier alpha value is -2.47. The Morgan fingerprint density at radius 2 is 2.14 bits per heavy atom. The van der Waals surface area contributed by atoms with E-state index < -0.39 is 0 Å². The van der Waals surface area contributed by atoms with Crippen LogP contribution in [0.4, 0.5) is 4.39 Å². The van der Waals surface area contributed by atoms with Gasteiger partial charge in [-0.1, -0.05) is 12.1 Å². The second-order valence-electron chi connectivity index (χ2n) is 4.75. The molecule has 1 aromatic heterocycles. The van der Waals surface area contributed by atoms with E-state index in [1.807, 2.05) is 0 Å². The summed E-state index contributed by atoms with van der Waals surface area (Å²) in [4.78, 5) is 23.7. The van der Waals surface area contributed by atoms with Gasteiger partial charge in [0.1, 0.15) is 5.82 Å². The minimum absolute atomic E-state index is 0.196. The van der Waals surface area contributed by atoms with E-state index in [1.165, 1.54) is 35.0 Å². The Labute approximate surface area is 127 Å². The maximum Gasteiger partial charge on any atom is 0.253 e. The van der Waals surface area contributed by atoms with Crippen LogP contribution >= 0.6 is 0 Å². The number of pyridine rings is 1. The van der Waals surface area contributed by atoms with Crippen molar-refractivity contribution in [1.29, 1.82) is 0 Å². The number of hydrogen-bond donors (Lipinski definition) is 1. The molecular weight excluding hydrogens is 287 g/mol. The molecule has 116 valence electrons. The first-order valence-corrected chi connectivity index (χ1v) is 6.82. The van der Waals surface area contributed by atoms with Crippen LogP contribution in [0, 0.1) is 5.82 Å². The van der Waals surface area contributed by atoms with Gasteiger partial charge in [-0.2, -0.15) is 0 Å². The highest BCUT2D eigenvalue weighted by molar-refractivity contribution is 5.93. The molecule has 2 aromatic rings. The van der Waals surface area contributed by atoms with E-state index in [9.17, 15) is 14.0 Å². The average molecular weight is 304 g/mol. The van der Waals surface area contributed by atoms with Crippen LogP contribution in [0.1, 0.15) is 15.9 Å². The first-order valence-electron chi connectivity index (χ1n) is 6.82. The zero-order valence-corrected chi connectivity index (χ0v) is 12.2. The smallest absolute Gasteiger partial charge is 0.253 e. The molecule has 22 heavy (non-hydrogen) atoms. The minimum Gasteiger partial charge on any atom is -0.383 e. The van der Waals surface area contributed by atoms with E-state index in [0.29, 0.717) is 24.3 Å². The molecule has 1 heterocycles. The summed E-state index contributed by atoms with van der Waals surface area (Å²) >= 11 is 0. The fourth-order valence-electron chi connectivity index (χ4n) is 1.96. The number of halogens is 1. The zero-order chi connectivity index (χ0) is 15.9. The van der Waals surface area contributed by atoms with Crippen LogP contribution in [0.2, 0.25) is 0 Å². The quantitative estimate of drug-likeness (QED) is 0.881. The molecule has 0 spiro atoms. The van der Waals surface area contributed by atoms with Crippen LogP contribution in [0.3, 0.4) is 0 Å². The third-order valence-electron chi connectivity index (χ3n) is 3.12. The van der Waals surface area contributed by atoms with Crippen LogP contribution in [0.15, 0.2) is 47.4 Å². The van der Waals surface area contributed by atoms with E-state index in [4.69, 9.17) is 4.74 Å². The highest BCUT2D eigenvalue weighted by Gasteiger charge is 2.07. The maximum absolute atomic E-state index is 13.1. The molecule has 0 aliphatic carbocycles. The van der Waals surface area contributed by atoms with Gasteiger partial charge in [0.05, 0.1) is 12.2 Å². The predicted molar refractivity (Wildman–Crippen MR) is 80.1 cm³/mol. The lowest BCUT2D eigenvalue weighted by Gasteiger charge is -2.09. The third-order valence-corrected chi connectivity index (χ3v) is 3.12. The monoisotopic (exact) mass is 304 g/mol. The van der Waals surface area contributed by atoms with E-state index >= 15 is 0 Å². The molecule has 0 radical (unpaired) electrons. The number of nitrogens with zero attached hydrogens (tertiary/aromatic N) is 1. The van der Waals surface area contributed by atoms with Crippen LogP contribution in [0.5, 0.6) is 0 Å². The number of carbonyl (C=O) groups excluding carboxylic acids is 1. The molecule has 6 heteroatoms. The summed E-state index contributed by atoms with van der Waals surface area (Å²) < 4.78 is 19.4. The molecule has 1 amide bonds. The first-order chi connectivity index (χ1) is 10.6. The maximum atomic E-state index is 13.1. The lowest BCUT2D eigenvalue weighted by Crippen LogP contribution is -2.27.